The lowest BCUT2D eigenvalue weighted by Gasteiger charge is -2.54. The SMILES string of the molecule is Cc1c(C(=O)NCCCC2C3CC4CC(C3)CC2C4)nn(-c2ccc(Cl)cc2Cl)c1N1CCCC1. The van der Waals surface area contributed by atoms with E-state index in [0.29, 0.717) is 22.3 Å². The van der Waals surface area contributed by atoms with E-state index < -0.39 is 0 Å². The average Bonchev–Trinajstić information content (AvgIpc) is 3.45. The van der Waals surface area contributed by atoms with E-state index >= 15 is 0 Å². The minimum atomic E-state index is -0.0862. The van der Waals surface area contributed by atoms with Gasteiger partial charge in [-0.25, -0.2) is 4.68 Å². The summed E-state index contributed by atoms with van der Waals surface area (Å²) in [5, 5.41) is 9.08. The smallest absolute Gasteiger partial charge is 0.272 e. The molecule has 4 bridgehead atoms. The number of benzene rings is 1. The normalized spacial score (nSPS) is 29.2. The van der Waals surface area contributed by atoms with Gasteiger partial charge in [-0.1, -0.05) is 23.2 Å². The van der Waals surface area contributed by atoms with Crippen molar-refractivity contribution < 1.29 is 4.79 Å². The summed E-state index contributed by atoms with van der Waals surface area (Å²) in [5.41, 5.74) is 2.16. The Labute approximate surface area is 218 Å². The first-order valence-electron chi connectivity index (χ1n) is 13.6. The summed E-state index contributed by atoms with van der Waals surface area (Å²) in [7, 11) is 0. The lowest BCUT2D eigenvalue weighted by Crippen LogP contribution is -2.45. The quantitative estimate of drug-likeness (QED) is 0.419. The topological polar surface area (TPSA) is 50.2 Å². The van der Waals surface area contributed by atoms with E-state index in [1.165, 1.54) is 38.5 Å². The van der Waals surface area contributed by atoms with Crippen LogP contribution in [0, 0.1) is 36.5 Å². The molecular weight excluding hydrogens is 479 g/mol. The number of aromatic nitrogens is 2. The van der Waals surface area contributed by atoms with Crippen molar-refractivity contribution in [2.45, 2.75) is 64.7 Å². The fraction of sp³-hybridized carbons (Fsp3) is 0.643. The lowest BCUT2D eigenvalue weighted by molar-refractivity contribution is -0.0401. The monoisotopic (exact) mass is 514 g/mol. The molecule has 4 aliphatic carbocycles. The molecule has 0 atom stereocenters. The van der Waals surface area contributed by atoms with Crippen LogP contribution in [0.1, 0.15) is 73.8 Å². The van der Waals surface area contributed by atoms with Crippen LogP contribution in [0.3, 0.4) is 0 Å². The molecule has 5 aliphatic rings. The molecule has 1 saturated heterocycles. The van der Waals surface area contributed by atoms with Gasteiger partial charge < -0.3 is 10.2 Å². The first kappa shape index (κ1) is 23.7. The third kappa shape index (κ3) is 4.48. The van der Waals surface area contributed by atoms with Gasteiger partial charge in [0.1, 0.15) is 5.82 Å². The molecule has 7 heteroatoms. The summed E-state index contributed by atoms with van der Waals surface area (Å²) in [4.78, 5) is 15.6. The number of hydrogen-bond acceptors (Lipinski definition) is 3. The molecule has 5 nitrogen and oxygen atoms in total. The predicted octanol–water partition coefficient (Wildman–Crippen LogP) is 6.67. The highest BCUT2D eigenvalue weighted by Gasteiger charge is 2.47. The summed E-state index contributed by atoms with van der Waals surface area (Å²) in [6.45, 7) is 4.65. The van der Waals surface area contributed by atoms with E-state index in [9.17, 15) is 4.79 Å². The van der Waals surface area contributed by atoms with Crippen molar-refractivity contribution in [3.05, 3.63) is 39.5 Å². The molecule has 0 unspecified atom stereocenters. The molecule has 1 aromatic heterocycles. The van der Waals surface area contributed by atoms with Crippen LogP contribution in [0.5, 0.6) is 0 Å². The summed E-state index contributed by atoms with van der Waals surface area (Å²) in [6.07, 6.45) is 12.0. The maximum Gasteiger partial charge on any atom is 0.272 e. The van der Waals surface area contributed by atoms with Crippen LogP contribution >= 0.6 is 23.2 Å². The van der Waals surface area contributed by atoms with E-state index in [4.69, 9.17) is 28.3 Å². The van der Waals surface area contributed by atoms with Gasteiger partial charge in [-0.05, 0) is 112 Å². The van der Waals surface area contributed by atoms with Crippen molar-refractivity contribution in [3.63, 3.8) is 0 Å². The molecule has 1 N–H and O–H groups in total. The van der Waals surface area contributed by atoms with Crippen molar-refractivity contribution in [3.8, 4) is 5.69 Å². The van der Waals surface area contributed by atoms with Gasteiger partial charge in [0, 0.05) is 30.2 Å². The Hall–Kier alpha value is -1.72. The second-order valence-corrected chi connectivity index (χ2v) is 12.3. The number of nitrogens with one attached hydrogen (secondary N) is 1. The first-order valence-corrected chi connectivity index (χ1v) is 14.3. The van der Waals surface area contributed by atoms with Crippen LogP contribution in [-0.4, -0.2) is 35.3 Å². The summed E-state index contributed by atoms with van der Waals surface area (Å²) in [5.74, 6) is 5.70. The maximum atomic E-state index is 13.3. The highest BCUT2D eigenvalue weighted by Crippen LogP contribution is 2.57. The Kier molecular flexibility index (Phi) is 6.51. The van der Waals surface area contributed by atoms with Crippen LogP contribution in [-0.2, 0) is 0 Å². The highest BCUT2D eigenvalue weighted by molar-refractivity contribution is 6.35. The fourth-order valence-corrected chi connectivity index (χ4v) is 8.45. The van der Waals surface area contributed by atoms with Crippen molar-refractivity contribution in [2.75, 3.05) is 24.5 Å². The second kappa shape index (κ2) is 9.63. The van der Waals surface area contributed by atoms with Gasteiger partial charge in [0.25, 0.3) is 5.91 Å². The Balaban J connectivity index is 1.15. The molecule has 2 heterocycles. The van der Waals surface area contributed by atoms with Gasteiger partial charge in [-0.2, -0.15) is 5.10 Å². The Bertz CT molecular complexity index is 1080. The number of nitrogens with zero attached hydrogens (tertiary/aromatic N) is 3. The van der Waals surface area contributed by atoms with Gasteiger partial charge >= 0.3 is 0 Å². The number of carbonyl (C=O) groups is 1. The number of anilines is 1. The van der Waals surface area contributed by atoms with E-state index in [1.54, 1.807) is 6.07 Å². The standard InChI is InChI=1S/C28H36Cl2N4O/c1-17-26(27(35)31-8-4-5-23-20-12-18-11-19(14-20)15-21(23)13-18)32-34(28(17)33-9-2-3-10-33)25-7-6-22(29)16-24(25)30/h6-7,16,18-21,23H,2-5,8-15H2,1H3,(H,31,35). The molecule has 4 saturated carbocycles. The third-order valence-electron chi connectivity index (χ3n) is 9.27. The molecule has 1 amide bonds. The van der Waals surface area contributed by atoms with Crippen LogP contribution in [0.15, 0.2) is 18.2 Å². The van der Waals surface area contributed by atoms with Gasteiger partial charge in [0.15, 0.2) is 5.69 Å². The number of halogens is 2. The molecule has 35 heavy (non-hydrogen) atoms. The molecule has 1 aliphatic heterocycles. The van der Waals surface area contributed by atoms with Gasteiger partial charge in [-0.3, -0.25) is 4.79 Å². The van der Waals surface area contributed by atoms with Gasteiger partial charge in [0.05, 0.1) is 10.7 Å². The van der Waals surface area contributed by atoms with Crippen LogP contribution < -0.4 is 10.2 Å². The van der Waals surface area contributed by atoms with Crippen molar-refractivity contribution in [1.29, 1.82) is 0 Å². The lowest BCUT2D eigenvalue weighted by atomic mass is 9.51. The van der Waals surface area contributed by atoms with Gasteiger partial charge in [0.2, 0.25) is 0 Å². The number of rotatable bonds is 7. The van der Waals surface area contributed by atoms with Crippen LogP contribution in [0.4, 0.5) is 5.82 Å². The Morgan fingerprint density at radius 3 is 2.40 bits per heavy atom. The maximum absolute atomic E-state index is 13.3. The number of hydrogen-bond donors (Lipinski definition) is 1. The second-order valence-electron chi connectivity index (χ2n) is 11.5. The molecule has 7 rings (SSSR count). The molecule has 1 aromatic carbocycles. The Morgan fingerprint density at radius 2 is 1.74 bits per heavy atom. The average molecular weight is 516 g/mol. The highest BCUT2D eigenvalue weighted by atomic mass is 35.5. The molecular formula is C28H36Cl2N4O. The van der Waals surface area contributed by atoms with Crippen LogP contribution in [0.25, 0.3) is 5.69 Å². The van der Waals surface area contributed by atoms with E-state index in [-0.39, 0.29) is 5.91 Å². The summed E-state index contributed by atoms with van der Waals surface area (Å²) < 4.78 is 1.84. The van der Waals surface area contributed by atoms with E-state index in [1.807, 2.05) is 23.7 Å². The Morgan fingerprint density at radius 1 is 1.06 bits per heavy atom. The summed E-state index contributed by atoms with van der Waals surface area (Å²) >= 11 is 12.7. The minimum absolute atomic E-state index is 0.0862. The first-order chi connectivity index (χ1) is 17.0. The zero-order chi connectivity index (χ0) is 24.1. The molecule has 188 valence electrons. The minimum Gasteiger partial charge on any atom is -0.356 e. The summed E-state index contributed by atoms with van der Waals surface area (Å²) in [6, 6.07) is 5.42. The molecule has 2 aromatic rings. The number of carbonyl (C=O) groups excluding carboxylic acids is 1. The predicted molar refractivity (Wildman–Crippen MR) is 142 cm³/mol. The third-order valence-corrected chi connectivity index (χ3v) is 9.81. The fourth-order valence-electron chi connectivity index (χ4n) is 7.96. The van der Waals surface area contributed by atoms with Crippen molar-refractivity contribution >= 4 is 34.9 Å². The molecule has 0 radical (unpaired) electrons. The van der Waals surface area contributed by atoms with Crippen molar-refractivity contribution in [1.82, 2.24) is 15.1 Å². The largest absolute Gasteiger partial charge is 0.356 e. The molecule has 5 fully saturated rings. The van der Waals surface area contributed by atoms with E-state index in [2.05, 4.69) is 10.2 Å². The zero-order valence-corrected chi connectivity index (χ0v) is 22.1. The van der Waals surface area contributed by atoms with Gasteiger partial charge in [-0.15, -0.1) is 0 Å². The zero-order valence-electron chi connectivity index (χ0n) is 20.6. The van der Waals surface area contributed by atoms with E-state index in [0.717, 1.165) is 79.0 Å². The van der Waals surface area contributed by atoms with Crippen molar-refractivity contribution in [2.24, 2.45) is 29.6 Å². The van der Waals surface area contributed by atoms with Crippen LogP contribution in [0.2, 0.25) is 10.0 Å². The molecule has 0 spiro atoms. The number of amides is 1.